The molecular weight excluding hydrogens is 540 g/mol. The molecule has 0 aromatic heterocycles. The van der Waals surface area contributed by atoms with Crippen LogP contribution in [0.15, 0.2) is 42.5 Å². The standard InChI is InChI=1S/C41H52O3/c1-5-14-33(35(6-2)39(43)21-27(3)42)22-29-23-38-37(34-20-19-30-17-13-18-32(30)25-34)26-36(28(4)41(38)40(44)24-29)31-15-11-9-7-8-10-12-16-31/h9,11,15,19-20,25-26,29,33,35H,5-8,10,12-14,16-18,21-24H2,1-4H3/b11-9-,31-15+. The van der Waals surface area contributed by atoms with Crippen LogP contribution >= 0.6 is 0 Å². The second-order valence-electron chi connectivity index (χ2n) is 13.8. The zero-order chi connectivity index (χ0) is 31.2. The molecule has 0 spiro atoms. The summed E-state index contributed by atoms with van der Waals surface area (Å²) in [5, 5.41) is 0. The van der Waals surface area contributed by atoms with Gasteiger partial charge in [0.05, 0.1) is 6.42 Å². The third kappa shape index (κ3) is 7.24. The molecule has 0 aliphatic heterocycles. The number of rotatable bonds is 11. The van der Waals surface area contributed by atoms with Crippen molar-refractivity contribution in [3.05, 3.63) is 75.9 Å². The van der Waals surface area contributed by atoms with Crippen LogP contribution in [0.4, 0.5) is 0 Å². The molecule has 234 valence electrons. The fraction of sp³-hybridized carbons (Fsp3) is 0.537. The summed E-state index contributed by atoms with van der Waals surface area (Å²) in [4.78, 5) is 39.2. The van der Waals surface area contributed by atoms with E-state index in [1.807, 2.05) is 0 Å². The molecule has 3 nitrogen and oxygen atoms in total. The first-order chi connectivity index (χ1) is 21.3. The summed E-state index contributed by atoms with van der Waals surface area (Å²) in [5.41, 5.74) is 11.3. The second-order valence-corrected chi connectivity index (χ2v) is 13.8. The van der Waals surface area contributed by atoms with Crippen LogP contribution in [-0.4, -0.2) is 17.3 Å². The van der Waals surface area contributed by atoms with Crippen LogP contribution < -0.4 is 0 Å². The van der Waals surface area contributed by atoms with Crippen LogP contribution in [0.25, 0.3) is 16.7 Å². The molecule has 0 fully saturated rings. The van der Waals surface area contributed by atoms with Crippen LogP contribution in [0.2, 0.25) is 0 Å². The van der Waals surface area contributed by atoms with Crippen molar-refractivity contribution in [2.75, 3.05) is 0 Å². The van der Waals surface area contributed by atoms with Gasteiger partial charge in [0.25, 0.3) is 0 Å². The van der Waals surface area contributed by atoms with Gasteiger partial charge in [-0.1, -0.05) is 69.5 Å². The number of hydrogen-bond donors (Lipinski definition) is 0. The number of aryl methyl sites for hydroxylation is 2. The lowest BCUT2D eigenvalue weighted by Crippen LogP contribution is -2.30. The Kier molecular flexibility index (Phi) is 10.9. The van der Waals surface area contributed by atoms with Gasteiger partial charge in [-0.15, -0.1) is 0 Å². The van der Waals surface area contributed by atoms with E-state index in [4.69, 9.17) is 0 Å². The lowest BCUT2D eigenvalue weighted by atomic mass is 9.70. The van der Waals surface area contributed by atoms with E-state index in [9.17, 15) is 14.4 Å². The summed E-state index contributed by atoms with van der Waals surface area (Å²) in [5.74, 6) is 0.584. The smallest absolute Gasteiger partial charge is 0.163 e. The third-order valence-corrected chi connectivity index (χ3v) is 10.6. The molecule has 44 heavy (non-hydrogen) atoms. The van der Waals surface area contributed by atoms with Crippen LogP contribution in [-0.2, 0) is 28.9 Å². The van der Waals surface area contributed by atoms with Gasteiger partial charge in [0, 0.05) is 17.9 Å². The van der Waals surface area contributed by atoms with E-state index in [-0.39, 0.29) is 41.5 Å². The van der Waals surface area contributed by atoms with E-state index < -0.39 is 0 Å². The summed E-state index contributed by atoms with van der Waals surface area (Å²) in [6, 6.07) is 9.41. The van der Waals surface area contributed by atoms with Gasteiger partial charge in [-0.2, -0.15) is 0 Å². The van der Waals surface area contributed by atoms with E-state index in [1.54, 1.807) is 0 Å². The van der Waals surface area contributed by atoms with Gasteiger partial charge in [-0.05, 0) is 140 Å². The van der Waals surface area contributed by atoms with Crippen molar-refractivity contribution in [1.29, 1.82) is 0 Å². The molecule has 0 saturated heterocycles. The number of Topliss-reactive ketones (excluding diaryl/α,β-unsaturated/α-hetero) is 3. The Balaban J connectivity index is 1.56. The molecule has 3 atom stereocenters. The number of ketones is 3. The molecule has 0 radical (unpaired) electrons. The number of benzene rings is 2. The highest BCUT2D eigenvalue weighted by molar-refractivity contribution is 6.03. The van der Waals surface area contributed by atoms with Crippen LogP contribution in [0.1, 0.15) is 136 Å². The van der Waals surface area contributed by atoms with Crippen molar-refractivity contribution in [2.45, 2.75) is 124 Å². The molecule has 3 unspecified atom stereocenters. The lowest BCUT2D eigenvalue weighted by molar-refractivity contribution is -0.129. The first kappa shape index (κ1) is 32.3. The SMILES string of the molecule is CCCC(CC1CC(=O)c2c(C)c(/C3=C/C=C\CCCCC3)cc(-c3ccc4c(c3)CCC4)c2C1)C(CC)C(=O)CC(C)=O. The number of fused-ring (bicyclic) bond motifs is 2. The van der Waals surface area contributed by atoms with E-state index in [0.29, 0.717) is 6.42 Å². The molecule has 0 amide bonds. The van der Waals surface area contributed by atoms with Crippen molar-refractivity contribution < 1.29 is 14.4 Å². The summed E-state index contributed by atoms with van der Waals surface area (Å²) < 4.78 is 0. The van der Waals surface area contributed by atoms with Gasteiger partial charge in [-0.25, -0.2) is 0 Å². The molecule has 2 aromatic carbocycles. The fourth-order valence-corrected chi connectivity index (χ4v) is 8.47. The van der Waals surface area contributed by atoms with Gasteiger partial charge in [0.2, 0.25) is 0 Å². The Morgan fingerprint density at radius 1 is 0.932 bits per heavy atom. The van der Waals surface area contributed by atoms with E-state index in [0.717, 1.165) is 68.9 Å². The predicted molar refractivity (Wildman–Crippen MR) is 182 cm³/mol. The van der Waals surface area contributed by atoms with Crippen LogP contribution in [0.5, 0.6) is 0 Å². The van der Waals surface area contributed by atoms with Gasteiger partial charge in [0.15, 0.2) is 5.78 Å². The van der Waals surface area contributed by atoms with Gasteiger partial charge >= 0.3 is 0 Å². The Labute approximate surface area is 265 Å². The zero-order valence-corrected chi connectivity index (χ0v) is 27.6. The van der Waals surface area contributed by atoms with E-state index in [2.05, 4.69) is 63.3 Å². The van der Waals surface area contributed by atoms with Gasteiger partial charge in [-0.3, -0.25) is 14.4 Å². The maximum atomic E-state index is 14.2. The molecular formula is C41H52O3. The van der Waals surface area contributed by atoms with Gasteiger partial charge < -0.3 is 0 Å². The average Bonchev–Trinajstić information content (AvgIpc) is 3.50. The minimum atomic E-state index is -0.112. The maximum Gasteiger partial charge on any atom is 0.163 e. The number of carbonyl (C=O) groups is 3. The highest BCUT2D eigenvalue weighted by atomic mass is 16.1. The molecule has 0 bridgehead atoms. The summed E-state index contributed by atoms with van der Waals surface area (Å²) in [6.07, 6.45) is 21.1. The molecule has 0 saturated carbocycles. The lowest BCUT2D eigenvalue weighted by Gasteiger charge is -2.33. The van der Waals surface area contributed by atoms with E-state index >= 15 is 0 Å². The normalized spacial score (nSPS) is 21.6. The fourth-order valence-electron chi connectivity index (χ4n) is 8.47. The zero-order valence-electron chi connectivity index (χ0n) is 27.6. The molecule has 3 heteroatoms. The Morgan fingerprint density at radius 2 is 1.75 bits per heavy atom. The van der Waals surface area contributed by atoms with E-state index in [1.165, 1.54) is 71.6 Å². The topological polar surface area (TPSA) is 51.2 Å². The molecule has 3 aliphatic carbocycles. The monoisotopic (exact) mass is 592 g/mol. The van der Waals surface area contributed by atoms with Crippen molar-refractivity contribution in [2.24, 2.45) is 17.8 Å². The average molecular weight is 593 g/mol. The molecule has 2 aromatic rings. The Morgan fingerprint density at radius 3 is 2.52 bits per heavy atom. The van der Waals surface area contributed by atoms with Crippen molar-refractivity contribution in [1.82, 2.24) is 0 Å². The highest BCUT2D eigenvalue weighted by Crippen LogP contribution is 2.43. The predicted octanol–water partition coefficient (Wildman–Crippen LogP) is 10.2. The number of hydrogen-bond acceptors (Lipinski definition) is 3. The Hall–Kier alpha value is -3.07. The Bertz CT molecular complexity index is 1450. The highest BCUT2D eigenvalue weighted by Gasteiger charge is 2.35. The summed E-state index contributed by atoms with van der Waals surface area (Å²) in [7, 11) is 0. The molecule has 0 N–H and O–H groups in total. The molecule has 3 aliphatic rings. The van der Waals surface area contributed by atoms with Crippen molar-refractivity contribution >= 4 is 22.9 Å². The number of allylic oxidation sites excluding steroid dienone is 4. The minimum absolute atomic E-state index is 0.0284. The second kappa shape index (κ2) is 14.8. The number of carbonyl (C=O) groups excluding carboxylic acids is 3. The summed E-state index contributed by atoms with van der Waals surface area (Å²) in [6.45, 7) is 7.93. The van der Waals surface area contributed by atoms with Crippen LogP contribution in [0.3, 0.4) is 0 Å². The van der Waals surface area contributed by atoms with Crippen molar-refractivity contribution in [3.8, 4) is 11.1 Å². The first-order valence-electron chi connectivity index (χ1n) is 17.5. The molecule has 5 rings (SSSR count). The largest absolute Gasteiger partial charge is 0.300 e. The minimum Gasteiger partial charge on any atom is -0.300 e. The summed E-state index contributed by atoms with van der Waals surface area (Å²) >= 11 is 0. The van der Waals surface area contributed by atoms with Gasteiger partial charge in [0.1, 0.15) is 11.6 Å². The molecule has 0 heterocycles. The van der Waals surface area contributed by atoms with Crippen LogP contribution in [0, 0.1) is 24.7 Å². The first-order valence-corrected chi connectivity index (χ1v) is 17.5. The maximum absolute atomic E-state index is 14.2. The third-order valence-electron chi connectivity index (χ3n) is 10.6. The van der Waals surface area contributed by atoms with Crippen molar-refractivity contribution in [3.63, 3.8) is 0 Å². The quantitative estimate of drug-likeness (QED) is 0.244.